The van der Waals surface area contributed by atoms with Crippen LogP contribution in [0.15, 0.2) is 16.5 Å². The Hall–Kier alpha value is -0.810. The normalized spacial score (nSPS) is 13.0. The van der Waals surface area contributed by atoms with E-state index in [1.807, 2.05) is 51.9 Å². The third-order valence-electron chi connectivity index (χ3n) is 3.09. The number of furan rings is 1. The predicted molar refractivity (Wildman–Crippen MR) is 85.0 cm³/mol. The van der Waals surface area contributed by atoms with Crippen LogP contribution in [0, 0.1) is 12.8 Å². The van der Waals surface area contributed by atoms with E-state index < -0.39 is 0 Å². The zero-order valence-electron chi connectivity index (χ0n) is 13.0. The zero-order chi connectivity index (χ0) is 15.3. The van der Waals surface area contributed by atoms with Crippen LogP contribution in [0.25, 0.3) is 0 Å². The fraction of sp³-hybridized carbons (Fsp3) is 0.667. The van der Waals surface area contributed by atoms with Gasteiger partial charge in [-0.1, -0.05) is 29.8 Å². The topological polar surface area (TPSA) is 36.7 Å². The quantitative estimate of drug-likeness (QED) is 0.713. The van der Waals surface area contributed by atoms with Crippen LogP contribution in [0.1, 0.15) is 25.4 Å². The first-order valence-electron chi connectivity index (χ1n) is 6.94. The number of hydrogen-bond acceptors (Lipinski definition) is 3. The molecule has 0 bridgehead atoms. The highest BCUT2D eigenvalue weighted by atomic mass is 79.9. The number of hydrogen-bond donors (Lipinski definition) is 0. The van der Waals surface area contributed by atoms with E-state index in [4.69, 9.17) is 4.42 Å². The number of amides is 1. The van der Waals surface area contributed by atoms with E-state index in [2.05, 4.69) is 20.8 Å². The SMILES string of the molecule is Cc1ccc(CN(CCN(C)C)C(=O)C(Br)C(C)C)o1. The van der Waals surface area contributed by atoms with Gasteiger partial charge in [-0.3, -0.25) is 4.79 Å². The number of carbonyl (C=O) groups is 1. The van der Waals surface area contributed by atoms with E-state index in [1.165, 1.54) is 0 Å². The van der Waals surface area contributed by atoms with E-state index in [0.29, 0.717) is 13.1 Å². The summed E-state index contributed by atoms with van der Waals surface area (Å²) in [7, 11) is 4.02. The molecule has 0 aromatic carbocycles. The standard InChI is InChI=1S/C15H25BrN2O2/c1-11(2)14(16)15(19)18(9-8-17(4)5)10-13-7-6-12(3)20-13/h6-7,11,14H,8-10H2,1-5H3. The Bertz CT molecular complexity index is 429. The van der Waals surface area contributed by atoms with Gasteiger partial charge in [-0.05, 0) is 39.1 Å². The first-order valence-corrected chi connectivity index (χ1v) is 7.85. The van der Waals surface area contributed by atoms with Gasteiger partial charge in [0.05, 0.1) is 11.4 Å². The zero-order valence-corrected chi connectivity index (χ0v) is 14.6. The van der Waals surface area contributed by atoms with Crippen LogP contribution in [0.2, 0.25) is 0 Å². The minimum absolute atomic E-state index is 0.121. The molecule has 20 heavy (non-hydrogen) atoms. The molecule has 0 aliphatic heterocycles. The van der Waals surface area contributed by atoms with E-state index in [9.17, 15) is 4.79 Å². The predicted octanol–water partition coefficient (Wildman–Crippen LogP) is 2.90. The average molecular weight is 345 g/mol. The van der Waals surface area contributed by atoms with Crippen molar-refractivity contribution in [2.75, 3.05) is 27.2 Å². The highest BCUT2D eigenvalue weighted by Crippen LogP contribution is 2.18. The molecule has 0 spiro atoms. The number of carbonyl (C=O) groups excluding carboxylic acids is 1. The van der Waals surface area contributed by atoms with Crippen molar-refractivity contribution in [3.8, 4) is 0 Å². The second kappa shape index (κ2) is 7.84. The van der Waals surface area contributed by atoms with Gasteiger partial charge in [0.15, 0.2) is 0 Å². The van der Waals surface area contributed by atoms with Crippen molar-refractivity contribution in [2.45, 2.75) is 32.1 Å². The van der Waals surface area contributed by atoms with Crippen LogP contribution in [-0.2, 0) is 11.3 Å². The fourth-order valence-corrected chi connectivity index (χ4v) is 2.10. The van der Waals surface area contributed by atoms with Crippen molar-refractivity contribution >= 4 is 21.8 Å². The Balaban J connectivity index is 2.76. The van der Waals surface area contributed by atoms with E-state index in [1.54, 1.807) is 0 Å². The smallest absolute Gasteiger partial charge is 0.237 e. The molecule has 0 fully saturated rings. The van der Waals surface area contributed by atoms with Gasteiger partial charge >= 0.3 is 0 Å². The average Bonchev–Trinajstić information content (AvgIpc) is 2.77. The van der Waals surface area contributed by atoms with Crippen molar-refractivity contribution in [1.29, 1.82) is 0 Å². The van der Waals surface area contributed by atoms with Gasteiger partial charge in [0.2, 0.25) is 5.91 Å². The Kier molecular flexibility index (Phi) is 6.76. The summed E-state index contributed by atoms with van der Waals surface area (Å²) < 4.78 is 5.59. The molecule has 0 saturated carbocycles. The maximum Gasteiger partial charge on any atom is 0.237 e. The molecule has 1 unspecified atom stereocenters. The van der Waals surface area contributed by atoms with Gasteiger partial charge in [0, 0.05) is 13.1 Å². The first-order chi connectivity index (χ1) is 9.31. The van der Waals surface area contributed by atoms with E-state index >= 15 is 0 Å². The van der Waals surface area contributed by atoms with Gasteiger partial charge in [0.25, 0.3) is 0 Å². The lowest BCUT2D eigenvalue weighted by Gasteiger charge is -2.27. The summed E-state index contributed by atoms with van der Waals surface area (Å²) >= 11 is 3.50. The summed E-state index contributed by atoms with van der Waals surface area (Å²) in [6.45, 7) is 8.05. The summed E-state index contributed by atoms with van der Waals surface area (Å²) in [4.78, 5) is 16.3. The second-order valence-corrected chi connectivity index (χ2v) is 6.71. The second-order valence-electron chi connectivity index (χ2n) is 5.72. The molecule has 1 heterocycles. The summed E-state index contributed by atoms with van der Waals surface area (Å²) in [5.74, 6) is 2.09. The molecular formula is C15H25BrN2O2. The van der Waals surface area contributed by atoms with Gasteiger partial charge < -0.3 is 14.2 Å². The molecule has 114 valence electrons. The lowest BCUT2D eigenvalue weighted by atomic mass is 10.1. The lowest BCUT2D eigenvalue weighted by Crippen LogP contribution is -2.41. The molecule has 1 atom stereocenters. The third-order valence-corrected chi connectivity index (χ3v) is 4.54. The largest absolute Gasteiger partial charge is 0.464 e. The van der Waals surface area contributed by atoms with Crippen molar-refractivity contribution in [2.24, 2.45) is 5.92 Å². The molecule has 1 aromatic heterocycles. The summed E-state index contributed by atoms with van der Waals surface area (Å²) in [6.07, 6.45) is 0. The van der Waals surface area contributed by atoms with Crippen molar-refractivity contribution in [1.82, 2.24) is 9.80 Å². The molecule has 0 saturated heterocycles. The highest BCUT2D eigenvalue weighted by molar-refractivity contribution is 9.10. The summed E-state index contributed by atoms with van der Waals surface area (Å²) in [5.41, 5.74) is 0. The number of rotatable bonds is 7. The van der Waals surface area contributed by atoms with Crippen LogP contribution in [0.4, 0.5) is 0 Å². The number of aryl methyl sites for hydroxylation is 1. The van der Waals surface area contributed by atoms with Gasteiger partial charge in [0.1, 0.15) is 11.5 Å². The number of nitrogens with zero attached hydrogens (tertiary/aromatic N) is 2. The number of halogens is 1. The molecule has 0 aliphatic carbocycles. The Labute approximate surface area is 130 Å². The van der Waals surface area contributed by atoms with Gasteiger partial charge in [-0.15, -0.1) is 0 Å². The maximum atomic E-state index is 12.5. The van der Waals surface area contributed by atoms with Crippen LogP contribution >= 0.6 is 15.9 Å². The molecule has 1 aromatic rings. The van der Waals surface area contributed by atoms with E-state index in [0.717, 1.165) is 18.1 Å². The maximum absolute atomic E-state index is 12.5. The molecule has 5 heteroatoms. The number of likely N-dealkylation sites (N-methyl/N-ethyl adjacent to an activating group) is 1. The molecule has 0 radical (unpaired) electrons. The fourth-order valence-electron chi connectivity index (χ4n) is 1.81. The highest BCUT2D eigenvalue weighted by Gasteiger charge is 2.25. The van der Waals surface area contributed by atoms with Crippen molar-refractivity contribution < 1.29 is 9.21 Å². The van der Waals surface area contributed by atoms with Gasteiger partial charge in [-0.2, -0.15) is 0 Å². The van der Waals surface area contributed by atoms with Crippen molar-refractivity contribution in [3.63, 3.8) is 0 Å². The van der Waals surface area contributed by atoms with Crippen LogP contribution in [0.3, 0.4) is 0 Å². The van der Waals surface area contributed by atoms with E-state index in [-0.39, 0.29) is 16.7 Å². The molecular weight excluding hydrogens is 320 g/mol. The van der Waals surface area contributed by atoms with Crippen LogP contribution in [0.5, 0.6) is 0 Å². The van der Waals surface area contributed by atoms with Gasteiger partial charge in [-0.25, -0.2) is 0 Å². The lowest BCUT2D eigenvalue weighted by molar-refractivity contribution is -0.132. The Morgan fingerprint density at radius 3 is 2.40 bits per heavy atom. The Morgan fingerprint density at radius 1 is 1.30 bits per heavy atom. The molecule has 4 nitrogen and oxygen atoms in total. The third kappa shape index (κ3) is 5.29. The minimum atomic E-state index is -0.152. The molecule has 1 amide bonds. The monoisotopic (exact) mass is 344 g/mol. The van der Waals surface area contributed by atoms with Crippen LogP contribution < -0.4 is 0 Å². The van der Waals surface area contributed by atoms with Crippen LogP contribution in [-0.4, -0.2) is 47.7 Å². The summed E-state index contributed by atoms with van der Waals surface area (Å²) in [6, 6.07) is 3.86. The van der Waals surface area contributed by atoms with Crippen molar-refractivity contribution in [3.05, 3.63) is 23.7 Å². The molecule has 0 N–H and O–H groups in total. The minimum Gasteiger partial charge on any atom is -0.464 e. The molecule has 0 aliphatic rings. The summed E-state index contributed by atoms with van der Waals surface area (Å²) in [5, 5.41) is 0. The molecule has 1 rings (SSSR count). The Morgan fingerprint density at radius 2 is 1.95 bits per heavy atom. The first kappa shape index (κ1) is 17.2. The number of alkyl halides is 1.